The van der Waals surface area contributed by atoms with Crippen molar-refractivity contribution in [2.45, 2.75) is 12.3 Å². The van der Waals surface area contributed by atoms with E-state index in [0.717, 1.165) is 26.1 Å². The van der Waals surface area contributed by atoms with Crippen LogP contribution in [-0.4, -0.2) is 37.5 Å². The first-order chi connectivity index (χ1) is 8.24. The van der Waals surface area contributed by atoms with Crippen LogP contribution in [0.5, 0.6) is 0 Å². The number of carbonyl (C=O) groups excluding carboxylic acids is 1. The number of rotatable bonds is 1. The zero-order chi connectivity index (χ0) is 11.9. The molecule has 0 aliphatic carbocycles. The Morgan fingerprint density at radius 2 is 2.12 bits per heavy atom. The minimum atomic E-state index is -0.184. The van der Waals surface area contributed by atoms with Gasteiger partial charge in [0.15, 0.2) is 0 Å². The van der Waals surface area contributed by atoms with Crippen LogP contribution in [0.1, 0.15) is 17.9 Å². The molecule has 0 unspecified atom stereocenters. The highest BCUT2D eigenvalue weighted by atomic mass is 16.2. The lowest BCUT2D eigenvalue weighted by atomic mass is 9.73. The summed E-state index contributed by atoms with van der Waals surface area (Å²) in [5.41, 5.74) is 1.11. The maximum absolute atomic E-state index is 12.4. The molecule has 17 heavy (non-hydrogen) atoms. The molecule has 2 aliphatic rings. The first-order valence-electron chi connectivity index (χ1n) is 6.25. The summed E-state index contributed by atoms with van der Waals surface area (Å²) in [4.78, 5) is 14.3. The fourth-order valence-corrected chi connectivity index (χ4v) is 3.32. The summed E-state index contributed by atoms with van der Waals surface area (Å²) in [5.74, 6) is 0.650. The van der Waals surface area contributed by atoms with Crippen molar-refractivity contribution in [2.75, 3.05) is 26.7 Å². The van der Waals surface area contributed by atoms with Crippen LogP contribution in [0, 0.1) is 5.41 Å². The van der Waals surface area contributed by atoms with Gasteiger partial charge in [0.25, 0.3) is 0 Å². The van der Waals surface area contributed by atoms with E-state index < -0.39 is 0 Å². The van der Waals surface area contributed by atoms with Gasteiger partial charge in [0.1, 0.15) is 0 Å². The standard InChI is InChI=1S/C14H18N2O/c1-16-8-7-14(13(16)17)10-15-9-12(14)11-5-3-2-4-6-11/h2-6,12,15H,7-10H2,1H3/t12-,14+/m1/s1. The Labute approximate surface area is 102 Å². The number of carbonyl (C=O) groups is 1. The van der Waals surface area contributed by atoms with Crippen LogP contribution >= 0.6 is 0 Å². The third-order valence-corrected chi connectivity index (χ3v) is 4.32. The Hall–Kier alpha value is -1.35. The van der Waals surface area contributed by atoms with Crippen LogP contribution < -0.4 is 5.32 Å². The van der Waals surface area contributed by atoms with Crippen LogP contribution in [0.2, 0.25) is 0 Å². The number of amides is 1. The van der Waals surface area contributed by atoms with Gasteiger partial charge in [-0.25, -0.2) is 0 Å². The van der Waals surface area contributed by atoms with Crippen LogP contribution in [0.4, 0.5) is 0 Å². The zero-order valence-electron chi connectivity index (χ0n) is 10.1. The minimum Gasteiger partial charge on any atom is -0.345 e. The monoisotopic (exact) mass is 230 g/mol. The predicted octanol–water partition coefficient (Wildman–Crippen LogP) is 1.22. The molecule has 1 amide bonds. The van der Waals surface area contributed by atoms with Crippen LogP contribution in [-0.2, 0) is 4.79 Å². The van der Waals surface area contributed by atoms with Crippen molar-refractivity contribution in [1.82, 2.24) is 10.2 Å². The maximum Gasteiger partial charge on any atom is 0.230 e. The third-order valence-electron chi connectivity index (χ3n) is 4.32. The Morgan fingerprint density at radius 3 is 2.76 bits per heavy atom. The highest BCUT2D eigenvalue weighted by molar-refractivity contribution is 5.86. The average Bonchev–Trinajstić information content (AvgIpc) is 2.91. The highest BCUT2D eigenvalue weighted by Gasteiger charge is 2.53. The van der Waals surface area contributed by atoms with Crippen molar-refractivity contribution in [3.05, 3.63) is 35.9 Å². The molecule has 90 valence electrons. The van der Waals surface area contributed by atoms with E-state index in [1.807, 2.05) is 18.0 Å². The number of likely N-dealkylation sites (tertiary alicyclic amines) is 1. The largest absolute Gasteiger partial charge is 0.345 e. The lowest BCUT2D eigenvalue weighted by molar-refractivity contribution is -0.134. The summed E-state index contributed by atoms with van der Waals surface area (Å²) in [7, 11) is 1.91. The second kappa shape index (κ2) is 3.84. The van der Waals surface area contributed by atoms with Gasteiger partial charge in [0.05, 0.1) is 5.41 Å². The Bertz CT molecular complexity index is 431. The lowest BCUT2D eigenvalue weighted by Crippen LogP contribution is -2.37. The second-order valence-corrected chi connectivity index (χ2v) is 5.23. The van der Waals surface area contributed by atoms with Gasteiger partial charge in [-0.15, -0.1) is 0 Å². The molecule has 1 aromatic rings. The van der Waals surface area contributed by atoms with Gasteiger partial charge in [-0.2, -0.15) is 0 Å². The molecule has 3 rings (SSSR count). The molecule has 1 aromatic carbocycles. The SMILES string of the molecule is CN1CC[C@@]2(CNC[C@@H]2c2ccccc2)C1=O. The van der Waals surface area contributed by atoms with E-state index >= 15 is 0 Å². The summed E-state index contributed by atoms with van der Waals surface area (Å²) < 4.78 is 0. The second-order valence-electron chi connectivity index (χ2n) is 5.23. The van der Waals surface area contributed by atoms with E-state index in [0.29, 0.717) is 11.8 Å². The summed E-state index contributed by atoms with van der Waals surface area (Å²) in [5, 5.41) is 3.41. The Balaban J connectivity index is 1.98. The number of nitrogens with zero attached hydrogens (tertiary/aromatic N) is 1. The number of benzene rings is 1. The van der Waals surface area contributed by atoms with Gasteiger partial charge >= 0.3 is 0 Å². The van der Waals surface area contributed by atoms with Crippen LogP contribution in [0.25, 0.3) is 0 Å². The normalized spacial score (nSPS) is 32.6. The maximum atomic E-state index is 12.4. The summed E-state index contributed by atoms with van der Waals surface area (Å²) in [6.07, 6.45) is 0.981. The Morgan fingerprint density at radius 1 is 1.35 bits per heavy atom. The third kappa shape index (κ3) is 1.49. The summed E-state index contributed by atoms with van der Waals surface area (Å²) in [6, 6.07) is 10.4. The minimum absolute atomic E-state index is 0.184. The van der Waals surface area contributed by atoms with E-state index in [4.69, 9.17) is 0 Å². The summed E-state index contributed by atoms with van der Waals surface area (Å²) in [6.45, 7) is 2.64. The van der Waals surface area contributed by atoms with Crippen LogP contribution in [0.3, 0.4) is 0 Å². The van der Waals surface area contributed by atoms with E-state index in [9.17, 15) is 4.79 Å². The number of hydrogen-bond donors (Lipinski definition) is 1. The quantitative estimate of drug-likeness (QED) is 0.787. The van der Waals surface area contributed by atoms with Crippen molar-refractivity contribution in [3.63, 3.8) is 0 Å². The highest BCUT2D eigenvalue weighted by Crippen LogP contribution is 2.46. The van der Waals surface area contributed by atoms with E-state index in [-0.39, 0.29) is 5.41 Å². The molecule has 2 atom stereocenters. The predicted molar refractivity (Wildman–Crippen MR) is 66.7 cm³/mol. The molecular formula is C14H18N2O. The zero-order valence-corrected chi connectivity index (χ0v) is 10.1. The lowest BCUT2D eigenvalue weighted by Gasteiger charge is -2.28. The van der Waals surface area contributed by atoms with Crippen molar-refractivity contribution in [3.8, 4) is 0 Å². The molecule has 2 saturated heterocycles. The molecule has 3 nitrogen and oxygen atoms in total. The van der Waals surface area contributed by atoms with Gasteiger partial charge in [-0.1, -0.05) is 30.3 Å². The molecule has 2 aliphatic heterocycles. The molecular weight excluding hydrogens is 212 g/mol. The van der Waals surface area contributed by atoms with Crippen LogP contribution in [0.15, 0.2) is 30.3 Å². The van der Waals surface area contributed by atoms with E-state index in [1.54, 1.807) is 0 Å². The van der Waals surface area contributed by atoms with Crippen molar-refractivity contribution in [2.24, 2.45) is 5.41 Å². The molecule has 3 heteroatoms. The molecule has 2 heterocycles. The molecule has 0 bridgehead atoms. The fraction of sp³-hybridized carbons (Fsp3) is 0.500. The van der Waals surface area contributed by atoms with Gasteiger partial charge in [0.2, 0.25) is 5.91 Å². The molecule has 0 aromatic heterocycles. The smallest absolute Gasteiger partial charge is 0.230 e. The van der Waals surface area contributed by atoms with E-state index in [1.165, 1.54) is 5.56 Å². The fourth-order valence-electron chi connectivity index (χ4n) is 3.32. The van der Waals surface area contributed by atoms with Crippen molar-refractivity contribution in [1.29, 1.82) is 0 Å². The van der Waals surface area contributed by atoms with Gasteiger partial charge in [-0.05, 0) is 12.0 Å². The molecule has 0 saturated carbocycles. The first kappa shape index (κ1) is 10.8. The van der Waals surface area contributed by atoms with E-state index in [2.05, 4.69) is 29.6 Å². The first-order valence-corrected chi connectivity index (χ1v) is 6.25. The van der Waals surface area contributed by atoms with Gasteiger partial charge < -0.3 is 10.2 Å². The van der Waals surface area contributed by atoms with Gasteiger partial charge in [0, 0.05) is 32.6 Å². The van der Waals surface area contributed by atoms with Crippen molar-refractivity contribution >= 4 is 5.91 Å². The van der Waals surface area contributed by atoms with Crippen molar-refractivity contribution < 1.29 is 4.79 Å². The molecule has 2 fully saturated rings. The number of hydrogen-bond acceptors (Lipinski definition) is 2. The molecule has 1 N–H and O–H groups in total. The molecule has 0 radical (unpaired) electrons. The molecule has 1 spiro atoms. The Kier molecular flexibility index (Phi) is 2.44. The summed E-state index contributed by atoms with van der Waals surface area (Å²) >= 11 is 0. The number of nitrogens with one attached hydrogen (secondary N) is 1. The van der Waals surface area contributed by atoms with Gasteiger partial charge in [-0.3, -0.25) is 4.79 Å². The average molecular weight is 230 g/mol. The topological polar surface area (TPSA) is 32.3 Å².